The Morgan fingerprint density at radius 1 is 1.10 bits per heavy atom. The zero-order valence-corrected chi connectivity index (χ0v) is 13.7. The summed E-state index contributed by atoms with van der Waals surface area (Å²) >= 11 is 3.49. The first-order valence-electron chi connectivity index (χ1n) is 6.95. The number of methoxy groups -OCH3 is 1. The second kappa shape index (κ2) is 8.05. The summed E-state index contributed by atoms with van der Waals surface area (Å²) in [6.07, 6.45) is 0.888. The Balaban J connectivity index is 1.88. The van der Waals surface area contributed by atoms with Crippen molar-refractivity contribution in [2.45, 2.75) is 12.3 Å². The van der Waals surface area contributed by atoms with Gasteiger partial charge in [-0.3, -0.25) is 0 Å². The SMILES string of the molecule is COc1ccc(OCCC(CN)c2cccc(Br)c2)cc1. The van der Waals surface area contributed by atoms with Crippen LogP contribution in [0.4, 0.5) is 0 Å². The molecule has 1 unspecified atom stereocenters. The highest BCUT2D eigenvalue weighted by atomic mass is 79.9. The highest BCUT2D eigenvalue weighted by Gasteiger charge is 2.10. The second-order valence-electron chi connectivity index (χ2n) is 4.80. The van der Waals surface area contributed by atoms with Crippen molar-refractivity contribution in [1.82, 2.24) is 0 Å². The lowest BCUT2D eigenvalue weighted by Crippen LogP contribution is -2.15. The summed E-state index contributed by atoms with van der Waals surface area (Å²) < 4.78 is 12.0. The van der Waals surface area contributed by atoms with Crippen molar-refractivity contribution in [3.8, 4) is 11.5 Å². The fourth-order valence-electron chi connectivity index (χ4n) is 2.17. The Bertz CT molecular complexity index is 557. The Hall–Kier alpha value is -1.52. The van der Waals surface area contributed by atoms with Gasteiger partial charge < -0.3 is 15.2 Å². The summed E-state index contributed by atoms with van der Waals surface area (Å²) in [7, 11) is 1.65. The smallest absolute Gasteiger partial charge is 0.119 e. The molecule has 0 aliphatic carbocycles. The highest BCUT2D eigenvalue weighted by Crippen LogP contribution is 2.23. The molecule has 0 aliphatic rings. The van der Waals surface area contributed by atoms with E-state index in [9.17, 15) is 0 Å². The van der Waals surface area contributed by atoms with Crippen LogP contribution in [0.15, 0.2) is 53.0 Å². The molecular weight excluding hydrogens is 330 g/mol. The molecule has 0 saturated carbocycles. The van der Waals surface area contributed by atoms with E-state index in [0.29, 0.717) is 19.1 Å². The van der Waals surface area contributed by atoms with Gasteiger partial charge in [-0.1, -0.05) is 28.1 Å². The molecule has 0 saturated heterocycles. The van der Waals surface area contributed by atoms with Gasteiger partial charge in [0.25, 0.3) is 0 Å². The molecule has 0 fully saturated rings. The first-order valence-corrected chi connectivity index (χ1v) is 7.74. The van der Waals surface area contributed by atoms with Crippen molar-refractivity contribution in [2.24, 2.45) is 5.73 Å². The molecule has 0 radical (unpaired) electrons. The van der Waals surface area contributed by atoms with Gasteiger partial charge in [-0.2, -0.15) is 0 Å². The quantitative estimate of drug-likeness (QED) is 0.822. The van der Waals surface area contributed by atoms with Crippen molar-refractivity contribution in [3.63, 3.8) is 0 Å². The van der Waals surface area contributed by atoms with E-state index in [-0.39, 0.29) is 0 Å². The van der Waals surface area contributed by atoms with Crippen LogP contribution >= 0.6 is 15.9 Å². The normalized spacial score (nSPS) is 12.0. The topological polar surface area (TPSA) is 44.5 Å². The van der Waals surface area contributed by atoms with E-state index in [1.54, 1.807) is 7.11 Å². The monoisotopic (exact) mass is 349 g/mol. The van der Waals surface area contributed by atoms with Crippen LogP contribution in [0.5, 0.6) is 11.5 Å². The number of halogens is 1. The van der Waals surface area contributed by atoms with E-state index in [0.717, 1.165) is 22.4 Å². The molecule has 3 nitrogen and oxygen atoms in total. The Kier molecular flexibility index (Phi) is 6.08. The van der Waals surface area contributed by atoms with E-state index in [2.05, 4.69) is 28.1 Å². The molecule has 112 valence electrons. The summed E-state index contributed by atoms with van der Waals surface area (Å²) in [4.78, 5) is 0. The summed E-state index contributed by atoms with van der Waals surface area (Å²) in [5.74, 6) is 1.98. The fraction of sp³-hybridized carbons (Fsp3) is 0.294. The minimum atomic E-state index is 0.306. The Morgan fingerprint density at radius 3 is 2.43 bits per heavy atom. The summed E-state index contributed by atoms with van der Waals surface area (Å²) in [5, 5.41) is 0. The van der Waals surface area contributed by atoms with Crippen molar-refractivity contribution in [3.05, 3.63) is 58.6 Å². The van der Waals surface area contributed by atoms with Crippen LogP contribution in [0.3, 0.4) is 0 Å². The van der Waals surface area contributed by atoms with Gasteiger partial charge >= 0.3 is 0 Å². The standard InChI is InChI=1S/C17H20BrNO2/c1-20-16-5-7-17(8-6-16)21-10-9-14(12-19)13-3-2-4-15(18)11-13/h2-8,11,14H,9-10,12,19H2,1H3. The van der Waals surface area contributed by atoms with E-state index in [4.69, 9.17) is 15.2 Å². The largest absolute Gasteiger partial charge is 0.497 e. The molecule has 0 bridgehead atoms. The van der Waals surface area contributed by atoms with Gasteiger partial charge in [0.05, 0.1) is 13.7 Å². The first kappa shape index (κ1) is 15.9. The van der Waals surface area contributed by atoms with Crippen molar-refractivity contribution in [2.75, 3.05) is 20.3 Å². The molecule has 21 heavy (non-hydrogen) atoms. The van der Waals surface area contributed by atoms with Gasteiger partial charge in [-0.25, -0.2) is 0 Å². The van der Waals surface area contributed by atoms with Gasteiger partial charge in [-0.15, -0.1) is 0 Å². The number of rotatable bonds is 7. The summed E-state index contributed by atoms with van der Waals surface area (Å²) in [6.45, 7) is 1.25. The van der Waals surface area contributed by atoms with Crippen molar-refractivity contribution >= 4 is 15.9 Å². The average molecular weight is 350 g/mol. The minimum Gasteiger partial charge on any atom is -0.497 e. The first-order chi connectivity index (χ1) is 10.2. The van der Waals surface area contributed by atoms with Crippen LogP contribution in [-0.4, -0.2) is 20.3 Å². The molecule has 0 heterocycles. The lowest BCUT2D eigenvalue weighted by Gasteiger charge is -2.16. The molecule has 2 aromatic rings. The zero-order chi connectivity index (χ0) is 15.1. The molecule has 2 aromatic carbocycles. The number of ether oxygens (including phenoxy) is 2. The van der Waals surface area contributed by atoms with Crippen LogP contribution in [0, 0.1) is 0 Å². The van der Waals surface area contributed by atoms with E-state index in [1.165, 1.54) is 5.56 Å². The molecule has 0 aliphatic heterocycles. The number of nitrogens with two attached hydrogens (primary N) is 1. The van der Waals surface area contributed by atoms with E-state index < -0.39 is 0 Å². The van der Waals surface area contributed by atoms with Crippen LogP contribution in [0.1, 0.15) is 17.9 Å². The Morgan fingerprint density at radius 2 is 1.81 bits per heavy atom. The van der Waals surface area contributed by atoms with E-state index in [1.807, 2.05) is 36.4 Å². The maximum absolute atomic E-state index is 5.88. The molecule has 0 amide bonds. The number of hydrogen-bond acceptors (Lipinski definition) is 3. The van der Waals surface area contributed by atoms with Gasteiger partial charge in [0.15, 0.2) is 0 Å². The van der Waals surface area contributed by atoms with Crippen LogP contribution in [0.2, 0.25) is 0 Å². The zero-order valence-electron chi connectivity index (χ0n) is 12.1. The maximum Gasteiger partial charge on any atom is 0.119 e. The van der Waals surface area contributed by atoms with Crippen LogP contribution < -0.4 is 15.2 Å². The molecule has 4 heteroatoms. The predicted molar refractivity (Wildman–Crippen MR) is 89.0 cm³/mol. The van der Waals surface area contributed by atoms with Crippen LogP contribution in [0.25, 0.3) is 0 Å². The highest BCUT2D eigenvalue weighted by molar-refractivity contribution is 9.10. The van der Waals surface area contributed by atoms with Gasteiger partial charge in [0.2, 0.25) is 0 Å². The van der Waals surface area contributed by atoms with Crippen molar-refractivity contribution < 1.29 is 9.47 Å². The molecular formula is C17H20BrNO2. The van der Waals surface area contributed by atoms with Crippen LogP contribution in [-0.2, 0) is 0 Å². The summed E-state index contributed by atoms with van der Waals surface area (Å²) in [6, 6.07) is 15.9. The third-order valence-corrected chi connectivity index (χ3v) is 3.89. The molecule has 2 N–H and O–H groups in total. The third-order valence-electron chi connectivity index (χ3n) is 3.40. The molecule has 0 aromatic heterocycles. The molecule has 2 rings (SSSR count). The predicted octanol–water partition coefficient (Wildman–Crippen LogP) is 3.97. The molecule has 1 atom stereocenters. The van der Waals surface area contributed by atoms with Gasteiger partial charge in [0, 0.05) is 4.47 Å². The van der Waals surface area contributed by atoms with Gasteiger partial charge in [0.1, 0.15) is 11.5 Å². The number of hydrogen-bond donors (Lipinski definition) is 1. The van der Waals surface area contributed by atoms with Crippen molar-refractivity contribution in [1.29, 1.82) is 0 Å². The fourth-order valence-corrected chi connectivity index (χ4v) is 2.59. The maximum atomic E-state index is 5.88. The molecule has 0 spiro atoms. The number of benzene rings is 2. The second-order valence-corrected chi connectivity index (χ2v) is 5.72. The third kappa shape index (κ3) is 4.76. The Labute approximate surface area is 134 Å². The lowest BCUT2D eigenvalue weighted by molar-refractivity contribution is 0.297. The van der Waals surface area contributed by atoms with E-state index >= 15 is 0 Å². The summed E-state index contributed by atoms with van der Waals surface area (Å²) in [5.41, 5.74) is 7.13. The van der Waals surface area contributed by atoms with Gasteiger partial charge in [-0.05, 0) is 60.8 Å². The lowest BCUT2D eigenvalue weighted by atomic mass is 9.96. The minimum absolute atomic E-state index is 0.306. The average Bonchev–Trinajstić information content (AvgIpc) is 2.52.